The first-order valence-electron chi connectivity index (χ1n) is 11.3. The van der Waals surface area contributed by atoms with Gasteiger partial charge in [-0.1, -0.05) is 47.6 Å². The van der Waals surface area contributed by atoms with Crippen molar-refractivity contribution in [2.24, 2.45) is 0 Å². The maximum atomic E-state index is 12.3. The van der Waals surface area contributed by atoms with Gasteiger partial charge in [0.2, 0.25) is 0 Å². The van der Waals surface area contributed by atoms with Gasteiger partial charge in [0.25, 0.3) is 0 Å². The maximum Gasteiger partial charge on any atom is 2.00 e. The molecule has 37 heavy (non-hydrogen) atoms. The average Bonchev–Trinajstić information content (AvgIpc) is 2.91. The van der Waals surface area contributed by atoms with Crippen LogP contribution in [-0.2, 0) is 48.7 Å². The van der Waals surface area contributed by atoms with E-state index in [4.69, 9.17) is 5.11 Å². The zero-order chi connectivity index (χ0) is 25.5. The molecule has 0 saturated heterocycles. The number of halogens is 2. The van der Waals surface area contributed by atoms with Gasteiger partial charge in [0.1, 0.15) is 11.6 Å². The number of nitrogens with zero attached hydrogens (tertiary/aromatic N) is 1. The van der Waals surface area contributed by atoms with Crippen LogP contribution >= 0.6 is 0 Å². The second-order valence-electron chi connectivity index (χ2n) is 5.60. The van der Waals surface area contributed by atoms with Crippen molar-refractivity contribution < 1.29 is 56.0 Å². The molecule has 0 radical (unpaired) electrons. The molecule has 0 aliphatic rings. The zero-order valence-electron chi connectivity index (χ0n) is 23.7. The second-order valence-corrected chi connectivity index (χ2v) is 5.60. The molecular formula is C31H43F2NOW2. The molecule has 0 aliphatic carbocycles. The van der Waals surface area contributed by atoms with Crippen molar-refractivity contribution in [2.45, 2.75) is 55.1 Å². The molecule has 0 bridgehead atoms. The minimum atomic E-state index is -0.395. The van der Waals surface area contributed by atoms with E-state index in [1.165, 1.54) is 12.3 Å². The minimum absolute atomic E-state index is 0. The van der Waals surface area contributed by atoms with E-state index in [2.05, 4.69) is 17.1 Å². The summed E-state index contributed by atoms with van der Waals surface area (Å²) in [5.41, 5.74) is 1.25. The van der Waals surface area contributed by atoms with Crippen molar-refractivity contribution in [1.29, 1.82) is 0 Å². The molecule has 1 N–H and O–H groups in total. The van der Waals surface area contributed by atoms with Crippen LogP contribution in [0.15, 0.2) is 79.1 Å². The van der Waals surface area contributed by atoms with Gasteiger partial charge in [0, 0.05) is 12.8 Å². The van der Waals surface area contributed by atoms with Crippen LogP contribution in [0, 0.1) is 45.5 Å². The number of aliphatic hydroxyl groups is 1. The van der Waals surface area contributed by atoms with E-state index in [1.807, 2.05) is 84.1 Å². The first kappa shape index (κ1) is 48.3. The summed E-state index contributed by atoms with van der Waals surface area (Å²) in [6.45, 7) is 13.6. The largest absolute Gasteiger partial charge is 2.00 e. The first-order chi connectivity index (χ1) is 16.1. The van der Waals surface area contributed by atoms with Gasteiger partial charge < -0.3 is 24.9 Å². The van der Waals surface area contributed by atoms with Gasteiger partial charge in [-0.3, -0.25) is 0 Å². The predicted octanol–water partition coefficient (Wildman–Crippen LogP) is 9.26. The van der Waals surface area contributed by atoms with E-state index in [1.54, 1.807) is 18.3 Å². The van der Waals surface area contributed by atoms with Crippen molar-refractivity contribution in [3.05, 3.63) is 129 Å². The molecule has 0 amide bonds. The van der Waals surface area contributed by atoms with E-state index in [0.717, 1.165) is 29.1 Å². The van der Waals surface area contributed by atoms with Gasteiger partial charge in [0.15, 0.2) is 0 Å². The number of rotatable bonds is 1. The van der Waals surface area contributed by atoms with Crippen molar-refractivity contribution in [2.75, 3.05) is 0 Å². The van der Waals surface area contributed by atoms with Gasteiger partial charge >= 0.3 is 42.1 Å². The molecule has 204 valence electrons. The van der Waals surface area contributed by atoms with E-state index in [9.17, 15) is 8.78 Å². The number of pyridine rings is 1. The van der Waals surface area contributed by atoms with Gasteiger partial charge in [-0.15, -0.1) is 40.6 Å². The van der Waals surface area contributed by atoms with E-state index in [-0.39, 0.29) is 69.4 Å². The van der Waals surface area contributed by atoms with Crippen LogP contribution in [0.5, 0.6) is 0 Å². The summed E-state index contributed by atoms with van der Waals surface area (Å²) in [7, 11) is 0. The molecule has 6 heteroatoms. The molecule has 3 aromatic carbocycles. The van der Waals surface area contributed by atoms with Crippen molar-refractivity contribution >= 4 is 10.8 Å². The van der Waals surface area contributed by atoms with Crippen molar-refractivity contribution in [1.82, 2.24) is 4.98 Å². The molecule has 1 aromatic heterocycles. The summed E-state index contributed by atoms with van der Waals surface area (Å²) in [5.74, 6) is -0.759. The summed E-state index contributed by atoms with van der Waals surface area (Å²) in [4.78, 5) is 3.98. The zero-order valence-corrected chi connectivity index (χ0v) is 29.5. The number of hydrogen-bond acceptors (Lipinski definition) is 2. The summed E-state index contributed by atoms with van der Waals surface area (Å²) in [6.07, 6.45) is 3.60. The van der Waals surface area contributed by atoms with Gasteiger partial charge in [-0.05, 0) is 36.9 Å². The molecular weight excluding hydrogens is 808 g/mol. The van der Waals surface area contributed by atoms with Crippen LogP contribution in [-0.4, -0.2) is 10.1 Å². The Morgan fingerprint density at radius 1 is 0.838 bits per heavy atom. The van der Waals surface area contributed by atoms with Crippen LogP contribution in [0.3, 0.4) is 0 Å². The second kappa shape index (κ2) is 34.3. The summed E-state index contributed by atoms with van der Waals surface area (Å²) >= 11 is 0. The normalized spacial score (nSPS) is 7.51. The molecule has 1 heterocycles. The van der Waals surface area contributed by atoms with Crippen molar-refractivity contribution in [3.63, 3.8) is 0 Å². The van der Waals surface area contributed by atoms with Gasteiger partial charge in [0.05, 0.1) is 0 Å². The molecule has 4 aromatic rings. The fourth-order valence-electron chi connectivity index (χ4n) is 2.10. The smallest absolute Gasteiger partial charge is 0.404 e. The molecule has 2 nitrogen and oxygen atoms in total. The minimum Gasteiger partial charge on any atom is -0.404 e. The van der Waals surface area contributed by atoms with E-state index in [0.29, 0.717) is 5.56 Å². The monoisotopic (exact) mass is 851 g/mol. The van der Waals surface area contributed by atoms with Crippen LogP contribution in [0.4, 0.5) is 8.78 Å². The first-order valence-corrected chi connectivity index (χ1v) is 11.3. The summed E-state index contributed by atoms with van der Waals surface area (Å²) < 4.78 is 24.5. The standard InChI is InChI=1S/C9H6N.C7H6F2.C7H7O.3C2H6.2CH3.2W/c1-2-4-9-7-10-6-5-8(9)3-1;1-5-4-6(8)2-3-7(5)9;8-6-7-4-2-1-3-5-7;3*1-2;;;;/h1-3,5-7H;2-4H,1H3;1-2,4-5,8H,6H2;3*1-2H3;2*1H3;;/q-1;;-1;;;;2*-1;2*+2. The predicted molar refractivity (Wildman–Crippen MR) is 150 cm³/mol. The molecule has 0 atom stereocenters. The third-order valence-electron chi connectivity index (χ3n) is 3.54. The Morgan fingerprint density at radius 2 is 1.43 bits per heavy atom. The SMILES string of the molecule is CC.CC.CC.Cc1cc(F)ccc1F.OCc1c[c-]ccc1.[CH3-].[CH3-].[W+2].[W+2].[c-]1cccc2ccncc12. The Morgan fingerprint density at radius 3 is 1.86 bits per heavy atom. The number of aliphatic hydroxyl groups excluding tert-OH is 1. The third kappa shape index (κ3) is 23.1. The Labute approximate surface area is 254 Å². The fourth-order valence-corrected chi connectivity index (χ4v) is 2.10. The third-order valence-corrected chi connectivity index (χ3v) is 3.54. The topological polar surface area (TPSA) is 33.1 Å². The van der Waals surface area contributed by atoms with Crippen molar-refractivity contribution in [3.8, 4) is 0 Å². The van der Waals surface area contributed by atoms with Crippen LogP contribution in [0.2, 0.25) is 0 Å². The Balaban J connectivity index is -0.0000000845. The number of aryl methyl sites for hydroxylation is 1. The molecule has 0 fully saturated rings. The molecule has 0 saturated carbocycles. The van der Waals surface area contributed by atoms with Crippen LogP contribution < -0.4 is 0 Å². The Hall–Kier alpha value is -1.73. The van der Waals surface area contributed by atoms with Crippen LogP contribution in [0.25, 0.3) is 10.8 Å². The Kier molecular flexibility index (Phi) is 44.8. The molecule has 0 unspecified atom stereocenters. The fraction of sp³-hybridized carbons (Fsp3) is 0.258. The number of fused-ring (bicyclic) bond motifs is 1. The number of hydrogen-bond donors (Lipinski definition) is 1. The maximum absolute atomic E-state index is 12.3. The summed E-state index contributed by atoms with van der Waals surface area (Å²) in [6, 6.07) is 24.5. The van der Waals surface area contributed by atoms with Gasteiger partial charge in [-0.2, -0.15) is 30.3 Å². The average molecular weight is 851 g/mol. The number of benzene rings is 3. The molecule has 4 rings (SSSR count). The number of aromatic nitrogens is 1. The molecule has 0 aliphatic heterocycles. The Bertz CT molecular complexity index is 906. The quantitative estimate of drug-likeness (QED) is 0.194. The van der Waals surface area contributed by atoms with Gasteiger partial charge in [-0.25, -0.2) is 8.78 Å². The molecule has 0 spiro atoms. The van der Waals surface area contributed by atoms with E-state index < -0.39 is 5.82 Å². The van der Waals surface area contributed by atoms with E-state index >= 15 is 0 Å². The summed E-state index contributed by atoms with van der Waals surface area (Å²) in [5, 5.41) is 10.8. The van der Waals surface area contributed by atoms with Crippen LogP contribution in [0.1, 0.15) is 52.7 Å².